The van der Waals surface area contributed by atoms with Crippen LogP contribution in [0.3, 0.4) is 0 Å². The van der Waals surface area contributed by atoms with Crippen molar-refractivity contribution in [2.45, 2.75) is 44.8 Å². The zero-order valence-electron chi connectivity index (χ0n) is 9.83. The minimum atomic E-state index is -4.09. The molecular weight excluding hydrogens is 235 g/mol. The smallest absolute Gasteiger partial charge is 0.391 e. The fourth-order valence-electron chi connectivity index (χ4n) is 2.18. The van der Waals surface area contributed by atoms with E-state index in [1.54, 1.807) is 0 Å². The third-order valence-electron chi connectivity index (χ3n) is 3.39. The second-order valence-electron chi connectivity index (χ2n) is 4.63. The maximum absolute atomic E-state index is 12.4. The molecule has 0 spiro atoms. The van der Waals surface area contributed by atoms with Gasteiger partial charge in [0.05, 0.1) is 5.92 Å². The van der Waals surface area contributed by atoms with Gasteiger partial charge < -0.3 is 10.0 Å². The lowest BCUT2D eigenvalue weighted by Gasteiger charge is -2.36. The fourth-order valence-corrected chi connectivity index (χ4v) is 2.18. The summed E-state index contributed by atoms with van der Waals surface area (Å²) in [5.41, 5.74) is 0. The van der Waals surface area contributed by atoms with Crippen molar-refractivity contribution in [3.8, 4) is 0 Å². The van der Waals surface area contributed by atoms with E-state index in [4.69, 9.17) is 5.11 Å². The molecule has 1 rings (SSSR count). The van der Waals surface area contributed by atoms with Crippen LogP contribution in [0.1, 0.15) is 32.6 Å². The molecule has 1 fully saturated rings. The van der Waals surface area contributed by atoms with Crippen LogP contribution < -0.4 is 0 Å². The number of hydrogen-bond acceptors (Lipinski definition) is 2. The molecule has 0 radical (unpaired) electrons. The maximum atomic E-state index is 12.4. The van der Waals surface area contributed by atoms with E-state index in [2.05, 4.69) is 0 Å². The molecule has 17 heavy (non-hydrogen) atoms. The summed E-state index contributed by atoms with van der Waals surface area (Å²) in [7, 11) is 0. The van der Waals surface area contributed by atoms with Crippen LogP contribution in [0.2, 0.25) is 0 Å². The quantitative estimate of drug-likeness (QED) is 0.837. The number of carbonyl (C=O) groups is 1. The Kier molecular flexibility index (Phi) is 4.80. The predicted octanol–water partition coefficient (Wildman–Crippen LogP) is 2.51. The summed E-state index contributed by atoms with van der Waals surface area (Å²) < 4.78 is 37.3. The molecule has 0 saturated carbocycles. The summed E-state index contributed by atoms with van der Waals surface area (Å²) in [6, 6.07) is 0.0419. The number of alkyl halides is 3. The van der Waals surface area contributed by atoms with Crippen LogP contribution in [0.25, 0.3) is 0 Å². The van der Waals surface area contributed by atoms with Gasteiger partial charge in [-0.1, -0.05) is 0 Å². The summed E-state index contributed by atoms with van der Waals surface area (Å²) in [5.74, 6) is -2.05. The summed E-state index contributed by atoms with van der Waals surface area (Å²) >= 11 is 0. The molecule has 0 bridgehead atoms. The number of hydrogen-bond donors (Lipinski definition) is 1. The predicted molar refractivity (Wildman–Crippen MR) is 56.7 cm³/mol. The van der Waals surface area contributed by atoms with Gasteiger partial charge in [0.1, 0.15) is 0 Å². The molecule has 1 aliphatic heterocycles. The van der Waals surface area contributed by atoms with Crippen LogP contribution in [0.5, 0.6) is 0 Å². The monoisotopic (exact) mass is 253 g/mol. The number of rotatable bonds is 4. The molecule has 1 N–H and O–H groups in total. The molecule has 100 valence electrons. The number of carboxylic acid groups (broad SMARTS) is 1. The van der Waals surface area contributed by atoms with E-state index in [-0.39, 0.29) is 25.3 Å². The number of aliphatic carboxylic acids is 1. The highest BCUT2D eigenvalue weighted by Gasteiger charge is 2.41. The Bertz CT molecular complexity index is 260. The van der Waals surface area contributed by atoms with E-state index < -0.39 is 18.1 Å². The fraction of sp³-hybridized carbons (Fsp3) is 0.909. The average molecular weight is 253 g/mol. The largest absolute Gasteiger partial charge is 0.481 e. The molecule has 1 unspecified atom stereocenters. The second kappa shape index (κ2) is 5.71. The van der Waals surface area contributed by atoms with Crippen molar-refractivity contribution in [2.75, 3.05) is 13.1 Å². The molecule has 1 atom stereocenters. The second-order valence-corrected chi connectivity index (χ2v) is 4.63. The summed E-state index contributed by atoms with van der Waals surface area (Å²) in [6.07, 6.45) is -3.27. The molecule has 0 aromatic rings. The first-order valence-electron chi connectivity index (χ1n) is 5.83. The first-order valence-corrected chi connectivity index (χ1v) is 5.83. The Morgan fingerprint density at radius 1 is 1.41 bits per heavy atom. The van der Waals surface area contributed by atoms with Gasteiger partial charge in [-0.05, 0) is 39.3 Å². The molecule has 0 aromatic heterocycles. The lowest BCUT2D eigenvalue weighted by molar-refractivity contribution is -0.186. The lowest BCUT2D eigenvalue weighted by Crippen LogP contribution is -2.43. The molecule has 3 nitrogen and oxygen atoms in total. The SMILES string of the molecule is CC(CCC(=O)O)N1CCC(C(F)(F)F)CC1. The zero-order valence-corrected chi connectivity index (χ0v) is 9.83. The third kappa shape index (κ3) is 4.53. The Balaban J connectivity index is 2.33. The number of likely N-dealkylation sites (tertiary alicyclic amines) is 1. The third-order valence-corrected chi connectivity index (χ3v) is 3.39. The van der Waals surface area contributed by atoms with Crippen LogP contribution in [0, 0.1) is 5.92 Å². The van der Waals surface area contributed by atoms with E-state index in [0.717, 1.165) is 0 Å². The van der Waals surface area contributed by atoms with E-state index in [1.807, 2.05) is 11.8 Å². The highest BCUT2D eigenvalue weighted by molar-refractivity contribution is 5.66. The van der Waals surface area contributed by atoms with Crippen molar-refractivity contribution >= 4 is 5.97 Å². The van der Waals surface area contributed by atoms with Gasteiger partial charge in [-0.25, -0.2) is 0 Å². The number of piperidine rings is 1. The Hall–Kier alpha value is -0.780. The van der Waals surface area contributed by atoms with Crippen molar-refractivity contribution in [3.63, 3.8) is 0 Å². The van der Waals surface area contributed by atoms with Crippen LogP contribution in [0.4, 0.5) is 13.2 Å². The zero-order chi connectivity index (χ0) is 13.1. The average Bonchev–Trinajstić information content (AvgIpc) is 2.25. The number of carboxylic acids is 1. The van der Waals surface area contributed by atoms with Crippen molar-refractivity contribution in [1.82, 2.24) is 4.90 Å². The van der Waals surface area contributed by atoms with E-state index in [0.29, 0.717) is 19.5 Å². The van der Waals surface area contributed by atoms with Gasteiger partial charge >= 0.3 is 12.1 Å². The van der Waals surface area contributed by atoms with Crippen LogP contribution in [-0.2, 0) is 4.79 Å². The maximum Gasteiger partial charge on any atom is 0.391 e. The first kappa shape index (κ1) is 14.3. The van der Waals surface area contributed by atoms with Gasteiger partial charge in [-0.15, -0.1) is 0 Å². The molecule has 0 aromatic carbocycles. The molecule has 1 saturated heterocycles. The normalized spacial score (nSPS) is 21.4. The molecule has 6 heteroatoms. The molecule has 0 amide bonds. The highest BCUT2D eigenvalue weighted by atomic mass is 19.4. The Morgan fingerprint density at radius 2 is 1.94 bits per heavy atom. The van der Waals surface area contributed by atoms with Gasteiger partial charge in [0, 0.05) is 12.5 Å². The summed E-state index contributed by atoms with van der Waals surface area (Å²) in [5, 5.41) is 8.54. The van der Waals surface area contributed by atoms with E-state index >= 15 is 0 Å². The van der Waals surface area contributed by atoms with Gasteiger partial charge in [-0.2, -0.15) is 13.2 Å². The Morgan fingerprint density at radius 3 is 2.35 bits per heavy atom. The van der Waals surface area contributed by atoms with Crippen LogP contribution in [-0.4, -0.2) is 41.3 Å². The standard InChI is InChI=1S/C11H18F3NO2/c1-8(2-3-10(16)17)15-6-4-9(5-7-15)11(12,13)14/h8-9H,2-7H2,1H3,(H,16,17). The minimum absolute atomic E-state index is 0.0419. The highest BCUT2D eigenvalue weighted by Crippen LogP contribution is 2.34. The number of nitrogens with zero attached hydrogens (tertiary/aromatic N) is 1. The minimum Gasteiger partial charge on any atom is -0.481 e. The molecular formula is C11H18F3NO2. The molecule has 1 aliphatic rings. The van der Waals surface area contributed by atoms with Crippen molar-refractivity contribution in [3.05, 3.63) is 0 Å². The van der Waals surface area contributed by atoms with Crippen LogP contribution >= 0.6 is 0 Å². The summed E-state index contributed by atoms with van der Waals surface area (Å²) in [4.78, 5) is 12.4. The van der Waals surface area contributed by atoms with Gasteiger partial charge in [-0.3, -0.25) is 4.79 Å². The van der Waals surface area contributed by atoms with Crippen molar-refractivity contribution in [1.29, 1.82) is 0 Å². The van der Waals surface area contributed by atoms with Gasteiger partial charge in [0.15, 0.2) is 0 Å². The topological polar surface area (TPSA) is 40.5 Å². The van der Waals surface area contributed by atoms with Crippen molar-refractivity contribution in [2.24, 2.45) is 5.92 Å². The first-order chi connectivity index (χ1) is 7.80. The number of halogens is 3. The van der Waals surface area contributed by atoms with E-state index in [1.165, 1.54) is 0 Å². The lowest BCUT2D eigenvalue weighted by atomic mass is 9.95. The summed E-state index contributed by atoms with van der Waals surface area (Å²) in [6.45, 7) is 2.69. The van der Waals surface area contributed by atoms with Gasteiger partial charge in [0.2, 0.25) is 0 Å². The van der Waals surface area contributed by atoms with E-state index in [9.17, 15) is 18.0 Å². The molecule has 1 heterocycles. The van der Waals surface area contributed by atoms with Crippen molar-refractivity contribution < 1.29 is 23.1 Å². The van der Waals surface area contributed by atoms with Crippen LogP contribution in [0.15, 0.2) is 0 Å². The Labute approximate surface area is 98.6 Å². The van der Waals surface area contributed by atoms with Gasteiger partial charge in [0.25, 0.3) is 0 Å². The molecule has 0 aliphatic carbocycles.